The standard InChI is InChI=1S/C16H20F3NO3/c1-22-13-8-4-5-9-14(13)23-10-15(21)20-12-7-3-2-6-11(12)16(17,18)19/h4-5,8-9,11-12H,2-3,6-7,10H2,1H3,(H,20,21)/t11-,12-/m1/s1. The van der Waals surface area contributed by atoms with Crippen LogP contribution in [0.2, 0.25) is 0 Å². The SMILES string of the molecule is COc1ccccc1OCC(=O)N[C@@H]1CCCC[C@H]1C(F)(F)F. The molecule has 23 heavy (non-hydrogen) atoms. The van der Waals surface area contributed by atoms with E-state index >= 15 is 0 Å². The third-order valence-electron chi connectivity index (χ3n) is 3.96. The highest BCUT2D eigenvalue weighted by Gasteiger charge is 2.45. The van der Waals surface area contributed by atoms with Crippen LogP contribution in [0.5, 0.6) is 11.5 Å². The summed E-state index contributed by atoms with van der Waals surface area (Å²) in [6.45, 7) is -0.346. The number of nitrogens with one attached hydrogen (secondary N) is 1. The summed E-state index contributed by atoms with van der Waals surface area (Å²) in [5, 5.41) is 2.46. The van der Waals surface area contributed by atoms with E-state index in [1.165, 1.54) is 7.11 Å². The molecule has 0 bridgehead atoms. The first-order valence-electron chi connectivity index (χ1n) is 7.53. The summed E-state index contributed by atoms with van der Waals surface area (Å²) in [6, 6.07) is 5.90. The summed E-state index contributed by atoms with van der Waals surface area (Å²) in [7, 11) is 1.47. The number of hydrogen-bond donors (Lipinski definition) is 1. The van der Waals surface area contributed by atoms with E-state index in [-0.39, 0.29) is 13.0 Å². The zero-order chi connectivity index (χ0) is 16.9. The van der Waals surface area contributed by atoms with Crippen LogP contribution in [0.25, 0.3) is 0 Å². The van der Waals surface area contributed by atoms with Gasteiger partial charge in [-0.15, -0.1) is 0 Å². The molecule has 1 aliphatic rings. The van der Waals surface area contributed by atoms with Crippen LogP contribution < -0.4 is 14.8 Å². The molecule has 2 atom stereocenters. The summed E-state index contributed by atoms with van der Waals surface area (Å²) in [5.41, 5.74) is 0. The third kappa shape index (κ3) is 4.77. The zero-order valence-electron chi connectivity index (χ0n) is 12.9. The number of amides is 1. The summed E-state index contributed by atoms with van der Waals surface area (Å²) in [5.74, 6) is -1.20. The van der Waals surface area contributed by atoms with E-state index in [9.17, 15) is 18.0 Å². The number of hydrogen-bond acceptors (Lipinski definition) is 3. The minimum absolute atomic E-state index is 0.0574. The fraction of sp³-hybridized carbons (Fsp3) is 0.562. The molecule has 1 amide bonds. The highest BCUT2D eigenvalue weighted by Crippen LogP contribution is 2.37. The van der Waals surface area contributed by atoms with Gasteiger partial charge in [0.1, 0.15) is 0 Å². The Balaban J connectivity index is 1.91. The van der Waals surface area contributed by atoms with Crippen LogP contribution in [0, 0.1) is 5.92 Å². The molecule has 0 heterocycles. The van der Waals surface area contributed by atoms with Gasteiger partial charge < -0.3 is 14.8 Å². The maximum Gasteiger partial charge on any atom is 0.393 e. The van der Waals surface area contributed by atoms with Gasteiger partial charge in [0, 0.05) is 6.04 Å². The van der Waals surface area contributed by atoms with E-state index in [1.807, 2.05) is 0 Å². The summed E-state index contributed by atoms with van der Waals surface area (Å²) < 4.78 is 49.4. The normalized spacial score (nSPS) is 21.6. The number of rotatable bonds is 5. The Labute approximate surface area is 133 Å². The minimum atomic E-state index is -4.29. The highest BCUT2D eigenvalue weighted by atomic mass is 19.4. The Kier molecular flexibility index (Phi) is 5.74. The van der Waals surface area contributed by atoms with Crippen molar-refractivity contribution >= 4 is 5.91 Å². The third-order valence-corrected chi connectivity index (χ3v) is 3.96. The molecule has 1 aromatic rings. The lowest BCUT2D eigenvalue weighted by Crippen LogP contribution is -2.48. The number of carbonyl (C=O) groups is 1. The van der Waals surface area contributed by atoms with Crippen molar-refractivity contribution in [1.82, 2.24) is 5.32 Å². The maximum atomic E-state index is 13.0. The molecule has 2 rings (SSSR count). The molecule has 1 N–H and O–H groups in total. The van der Waals surface area contributed by atoms with Crippen molar-refractivity contribution in [1.29, 1.82) is 0 Å². The highest BCUT2D eigenvalue weighted by molar-refractivity contribution is 5.78. The van der Waals surface area contributed by atoms with Crippen LogP contribution in [0.4, 0.5) is 13.2 Å². The zero-order valence-corrected chi connectivity index (χ0v) is 12.9. The fourth-order valence-electron chi connectivity index (χ4n) is 2.83. The quantitative estimate of drug-likeness (QED) is 0.900. The first-order valence-corrected chi connectivity index (χ1v) is 7.53. The van der Waals surface area contributed by atoms with Crippen LogP contribution in [-0.4, -0.2) is 31.8 Å². The van der Waals surface area contributed by atoms with Gasteiger partial charge in [-0.1, -0.05) is 25.0 Å². The number of alkyl halides is 3. The molecule has 7 heteroatoms. The van der Waals surface area contributed by atoms with Gasteiger partial charge in [0.2, 0.25) is 0 Å². The fourth-order valence-corrected chi connectivity index (χ4v) is 2.83. The van der Waals surface area contributed by atoms with Gasteiger partial charge in [-0.3, -0.25) is 4.79 Å². The molecule has 0 aromatic heterocycles. The van der Waals surface area contributed by atoms with Crippen LogP contribution in [-0.2, 0) is 4.79 Å². The van der Waals surface area contributed by atoms with E-state index in [0.717, 1.165) is 0 Å². The number of ether oxygens (including phenoxy) is 2. The lowest BCUT2D eigenvalue weighted by atomic mass is 9.84. The molecule has 4 nitrogen and oxygen atoms in total. The van der Waals surface area contributed by atoms with E-state index in [4.69, 9.17) is 9.47 Å². The van der Waals surface area contributed by atoms with E-state index in [1.54, 1.807) is 24.3 Å². The predicted molar refractivity (Wildman–Crippen MR) is 78.4 cm³/mol. The average Bonchev–Trinajstić information content (AvgIpc) is 2.52. The molecular weight excluding hydrogens is 311 g/mol. The van der Waals surface area contributed by atoms with Crippen molar-refractivity contribution in [3.63, 3.8) is 0 Å². The van der Waals surface area contributed by atoms with E-state index < -0.39 is 24.0 Å². The van der Waals surface area contributed by atoms with Crippen LogP contribution in [0.15, 0.2) is 24.3 Å². The number of methoxy groups -OCH3 is 1. The lowest BCUT2D eigenvalue weighted by Gasteiger charge is -2.33. The van der Waals surface area contributed by atoms with Gasteiger partial charge >= 0.3 is 6.18 Å². The van der Waals surface area contributed by atoms with Crippen LogP contribution >= 0.6 is 0 Å². The van der Waals surface area contributed by atoms with Crippen molar-refractivity contribution in [2.75, 3.05) is 13.7 Å². The molecule has 0 aliphatic heterocycles. The molecule has 1 saturated carbocycles. The monoisotopic (exact) mass is 331 g/mol. The predicted octanol–water partition coefficient (Wildman–Crippen LogP) is 3.31. The van der Waals surface area contributed by atoms with Crippen molar-refractivity contribution in [2.45, 2.75) is 37.9 Å². The van der Waals surface area contributed by atoms with Gasteiger partial charge in [0.25, 0.3) is 5.91 Å². The van der Waals surface area contributed by atoms with E-state index in [2.05, 4.69) is 5.32 Å². The van der Waals surface area contributed by atoms with Gasteiger partial charge in [-0.05, 0) is 25.0 Å². The van der Waals surface area contributed by atoms with Gasteiger partial charge in [0.05, 0.1) is 13.0 Å². The van der Waals surface area contributed by atoms with Gasteiger partial charge in [0.15, 0.2) is 18.1 Å². The molecule has 1 aliphatic carbocycles. The Hall–Kier alpha value is -1.92. The second-order valence-electron chi connectivity index (χ2n) is 5.55. The number of benzene rings is 1. The molecule has 0 spiro atoms. The smallest absolute Gasteiger partial charge is 0.393 e. The molecule has 0 radical (unpaired) electrons. The van der Waals surface area contributed by atoms with Gasteiger partial charge in [-0.25, -0.2) is 0 Å². The Morgan fingerprint density at radius 1 is 1.22 bits per heavy atom. The summed E-state index contributed by atoms with van der Waals surface area (Å²) in [4.78, 5) is 11.9. The van der Waals surface area contributed by atoms with Crippen molar-refractivity contribution in [3.8, 4) is 11.5 Å². The van der Waals surface area contributed by atoms with Crippen LogP contribution in [0.3, 0.4) is 0 Å². The second-order valence-corrected chi connectivity index (χ2v) is 5.55. The summed E-state index contributed by atoms with van der Waals surface area (Å²) in [6.07, 6.45) is -2.67. The van der Waals surface area contributed by atoms with Crippen molar-refractivity contribution in [2.24, 2.45) is 5.92 Å². The molecule has 128 valence electrons. The topological polar surface area (TPSA) is 47.6 Å². The van der Waals surface area contributed by atoms with Crippen LogP contribution in [0.1, 0.15) is 25.7 Å². The van der Waals surface area contributed by atoms with Crippen molar-refractivity contribution < 1.29 is 27.4 Å². The summed E-state index contributed by atoms with van der Waals surface area (Å²) >= 11 is 0. The Bertz CT molecular complexity index is 534. The Morgan fingerprint density at radius 2 is 1.87 bits per heavy atom. The average molecular weight is 331 g/mol. The first kappa shape index (κ1) is 17.4. The molecule has 1 fully saturated rings. The number of carbonyl (C=O) groups excluding carboxylic acids is 1. The Morgan fingerprint density at radius 3 is 2.52 bits per heavy atom. The molecule has 0 saturated heterocycles. The maximum absolute atomic E-state index is 13.0. The molecule has 1 aromatic carbocycles. The lowest BCUT2D eigenvalue weighted by molar-refractivity contribution is -0.189. The van der Waals surface area contributed by atoms with Gasteiger partial charge in [-0.2, -0.15) is 13.2 Å². The molecule has 0 unspecified atom stereocenters. The second kappa shape index (κ2) is 7.57. The largest absolute Gasteiger partial charge is 0.493 e. The molecular formula is C16H20F3NO3. The van der Waals surface area contributed by atoms with Crippen molar-refractivity contribution in [3.05, 3.63) is 24.3 Å². The first-order chi connectivity index (χ1) is 10.9. The number of para-hydroxylation sites is 2. The number of halogens is 3. The minimum Gasteiger partial charge on any atom is -0.493 e. The van der Waals surface area contributed by atoms with E-state index in [0.29, 0.717) is 30.8 Å².